The van der Waals surface area contributed by atoms with E-state index < -0.39 is 0 Å². The fourth-order valence-corrected chi connectivity index (χ4v) is 2.38. The summed E-state index contributed by atoms with van der Waals surface area (Å²) in [5, 5.41) is 2.81. The molecule has 1 aromatic heterocycles. The van der Waals surface area contributed by atoms with Gasteiger partial charge in [0.15, 0.2) is 0 Å². The van der Waals surface area contributed by atoms with Crippen molar-refractivity contribution in [3.05, 3.63) is 56.7 Å². The monoisotopic (exact) mass is 232 g/mol. The third-order valence-corrected chi connectivity index (χ3v) is 3.47. The van der Waals surface area contributed by atoms with Crippen LogP contribution in [0.15, 0.2) is 35.7 Å². The van der Waals surface area contributed by atoms with Gasteiger partial charge in [0.25, 0.3) is 0 Å². The van der Waals surface area contributed by atoms with Gasteiger partial charge in [-0.25, -0.2) is 0 Å². The van der Waals surface area contributed by atoms with Gasteiger partial charge in [0, 0.05) is 11.4 Å². The lowest BCUT2D eigenvalue weighted by Gasteiger charge is -2.02. The van der Waals surface area contributed by atoms with E-state index in [0.717, 1.165) is 21.9 Å². The molecule has 0 aliphatic rings. The van der Waals surface area contributed by atoms with Crippen LogP contribution in [0, 0.1) is 12.3 Å². The van der Waals surface area contributed by atoms with Crippen molar-refractivity contribution in [1.82, 2.24) is 0 Å². The molecule has 1 heterocycles. The fourth-order valence-electron chi connectivity index (χ4n) is 1.45. The first-order valence-electron chi connectivity index (χ1n) is 4.57. The summed E-state index contributed by atoms with van der Waals surface area (Å²) >= 11 is 7.68. The number of benzene rings is 1. The molecule has 2 rings (SSSR count). The first-order chi connectivity index (χ1) is 7.31. The van der Waals surface area contributed by atoms with Crippen LogP contribution in [0.4, 0.5) is 0 Å². The maximum atomic E-state index is 6.09. The average molecular weight is 233 g/mol. The lowest BCUT2D eigenvalue weighted by Crippen LogP contribution is -1.88. The van der Waals surface area contributed by atoms with Crippen molar-refractivity contribution in [2.75, 3.05) is 0 Å². The lowest BCUT2D eigenvalue weighted by atomic mass is 10.1. The zero-order valence-corrected chi connectivity index (χ0v) is 9.61. The van der Waals surface area contributed by atoms with Gasteiger partial charge in [-0.15, -0.1) is 17.8 Å². The molecule has 15 heavy (non-hydrogen) atoms. The van der Waals surface area contributed by atoms with Crippen LogP contribution in [-0.4, -0.2) is 0 Å². The molecule has 0 fully saturated rings. The summed E-state index contributed by atoms with van der Waals surface area (Å²) in [5.74, 6) is 2.69. The number of halogens is 1. The summed E-state index contributed by atoms with van der Waals surface area (Å²) in [5.41, 5.74) is 2.30. The van der Waals surface area contributed by atoms with Crippen LogP contribution in [0.2, 0.25) is 5.02 Å². The van der Waals surface area contributed by atoms with E-state index in [0.29, 0.717) is 0 Å². The molecule has 0 N–H and O–H groups in total. The van der Waals surface area contributed by atoms with Gasteiger partial charge < -0.3 is 0 Å². The van der Waals surface area contributed by atoms with Gasteiger partial charge in [0.1, 0.15) is 0 Å². The Bertz CT molecular complexity index is 505. The molecule has 0 saturated carbocycles. The second kappa shape index (κ2) is 4.53. The first-order valence-corrected chi connectivity index (χ1v) is 5.83. The van der Waals surface area contributed by atoms with Crippen molar-refractivity contribution in [3.63, 3.8) is 0 Å². The molecule has 0 spiro atoms. The highest BCUT2D eigenvalue weighted by Gasteiger charge is 2.05. The summed E-state index contributed by atoms with van der Waals surface area (Å²) in [6.45, 7) is 0. The molecule has 74 valence electrons. The third kappa shape index (κ3) is 2.23. The smallest absolute Gasteiger partial charge is 0.0801 e. The second-order valence-corrected chi connectivity index (χ2v) is 4.51. The summed E-state index contributed by atoms with van der Waals surface area (Å²) < 4.78 is 0. The molecule has 0 nitrogen and oxygen atoms in total. The third-order valence-electron chi connectivity index (χ3n) is 2.22. The van der Waals surface area contributed by atoms with Gasteiger partial charge in [-0.2, -0.15) is 0 Å². The van der Waals surface area contributed by atoms with E-state index in [1.54, 1.807) is 11.3 Å². The Morgan fingerprint density at radius 2 is 2.00 bits per heavy atom. The SMILES string of the molecule is C#Cc1sccc1Cc1ccccc1Cl. The van der Waals surface area contributed by atoms with E-state index in [1.807, 2.05) is 29.6 Å². The molecule has 0 bridgehead atoms. The lowest BCUT2D eigenvalue weighted by molar-refractivity contribution is 1.20. The number of hydrogen-bond acceptors (Lipinski definition) is 1. The highest BCUT2D eigenvalue weighted by molar-refractivity contribution is 7.10. The van der Waals surface area contributed by atoms with Gasteiger partial charge in [-0.05, 0) is 28.6 Å². The van der Waals surface area contributed by atoms with Gasteiger partial charge in [-0.3, -0.25) is 0 Å². The second-order valence-electron chi connectivity index (χ2n) is 3.19. The maximum Gasteiger partial charge on any atom is 0.0801 e. The highest BCUT2D eigenvalue weighted by atomic mass is 35.5. The van der Waals surface area contributed by atoms with Crippen molar-refractivity contribution in [2.24, 2.45) is 0 Å². The minimum Gasteiger partial charge on any atom is -0.135 e. The van der Waals surface area contributed by atoms with Crippen molar-refractivity contribution in [1.29, 1.82) is 0 Å². The predicted molar refractivity (Wildman–Crippen MR) is 66.5 cm³/mol. The molecule has 2 heteroatoms. The zero-order chi connectivity index (χ0) is 10.7. The minimum absolute atomic E-state index is 0.798. The largest absolute Gasteiger partial charge is 0.135 e. The van der Waals surface area contributed by atoms with Gasteiger partial charge in [0.05, 0.1) is 4.88 Å². The average Bonchev–Trinajstić information content (AvgIpc) is 2.69. The number of hydrogen-bond donors (Lipinski definition) is 0. The number of thiophene rings is 1. The van der Waals surface area contributed by atoms with E-state index in [9.17, 15) is 0 Å². The van der Waals surface area contributed by atoms with Crippen molar-refractivity contribution in [2.45, 2.75) is 6.42 Å². The van der Waals surface area contributed by atoms with Crippen LogP contribution >= 0.6 is 22.9 Å². The van der Waals surface area contributed by atoms with E-state index >= 15 is 0 Å². The zero-order valence-electron chi connectivity index (χ0n) is 8.03. The molecule has 0 unspecified atom stereocenters. The minimum atomic E-state index is 0.798. The number of rotatable bonds is 2. The molecule has 2 aromatic rings. The molecule has 0 aliphatic heterocycles. The van der Waals surface area contributed by atoms with Crippen LogP contribution in [0.3, 0.4) is 0 Å². The molecule has 0 atom stereocenters. The van der Waals surface area contributed by atoms with E-state index in [-0.39, 0.29) is 0 Å². The van der Waals surface area contributed by atoms with Gasteiger partial charge >= 0.3 is 0 Å². The quantitative estimate of drug-likeness (QED) is 0.688. The van der Waals surface area contributed by atoms with Crippen molar-refractivity contribution >= 4 is 22.9 Å². The number of terminal acetylenes is 1. The summed E-state index contributed by atoms with van der Waals surface area (Å²) in [7, 11) is 0. The van der Waals surface area contributed by atoms with E-state index in [1.165, 1.54) is 5.56 Å². The Labute approximate surface area is 98.5 Å². The molecule has 0 saturated heterocycles. The molecular formula is C13H9ClS. The molecule has 0 amide bonds. The molecule has 0 aliphatic carbocycles. The molecule has 0 radical (unpaired) electrons. The van der Waals surface area contributed by atoms with E-state index in [4.69, 9.17) is 18.0 Å². The maximum absolute atomic E-state index is 6.09. The van der Waals surface area contributed by atoms with E-state index in [2.05, 4.69) is 12.0 Å². The Morgan fingerprint density at radius 3 is 2.73 bits per heavy atom. The normalized spacial score (nSPS) is 9.87. The summed E-state index contributed by atoms with van der Waals surface area (Å²) in [6.07, 6.45) is 6.22. The standard InChI is InChI=1S/C13H9ClS/c1-2-13-11(7-8-15-13)9-10-5-3-4-6-12(10)14/h1,3-8H,9H2. The first kappa shape index (κ1) is 10.3. The Morgan fingerprint density at radius 1 is 1.20 bits per heavy atom. The molecule has 1 aromatic carbocycles. The van der Waals surface area contributed by atoms with Crippen LogP contribution in [-0.2, 0) is 6.42 Å². The Hall–Kier alpha value is -1.23. The van der Waals surface area contributed by atoms with Crippen LogP contribution in [0.25, 0.3) is 0 Å². The highest BCUT2D eigenvalue weighted by Crippen LogP contribution is 2.23. The van der Waals surface area contributed by atoms with Crippen molar-refractivity contribution < 1.29 is 0 Å². The summed E-state index contributed by atoms with van der Waals surface area (Å²) in [6, 6.07) is 9.91. The fraction of sp³-hybridized carbons (Fsp3) is 0.0769. The summed E-state index contributed by atoms with van der Waals surface area (Å²) in [4.78, 5) is 0.995. The van der Waals surface area contributed by atoms with Crippen LogP contribution in [0.5, 0.6) is 0 Å². The predicted octanol–water partition coefficient (Wildman–Crippen LogP) is 3.97. The Balaban J connectivity index is 2.31. The Kier molecular flexibility index (Phi) is 3.11. The van der Waals surface area contributed by atoms with Crippen LogP contribution in [0.1, 0.15) is 16.0 Å². The van der Waals surface area contributed by atoms with Crippen molar-refractivity contribution in [3.8, 4) is 12.3 Å². The molecular weight excluding hydrogens is 224 g/mol. The topological polar surface area (TPSA) is 0 Å². The van der Waals surface area contributed by atoms with Gasteiger partial charge in [0.2, 0.25) is 0 Å². The van der Waals surface area contributed by atoms with Gasteiger partial charge in [-0.1, -0.05) is 35.7 Å². The van der Waals surface area contributed by atoms with Crippen LogP contribution < -0.4 is 0 Å².